The Labute approximate surface area is 118 Å². The molecule has 0 saturated carbocycles. The number of pyridine rings is 1. The average Bonchev–Trinajstić information content (AvgIpc) is 2.50. The Morgan fingerprint density at radius 2 is 1.85 bits per heavy atom. The fraction of sp³-hybridized carbons (Fsp3) is 0.118. The molecule has 20 heavy (non-hydrogen) atoms. The van der Waals surface area contributed by atoms with Gasteiger partial charge in [-0.1, -0.05) is 42.5 Å². The molecule has 0 aliphatic heterocycles. The lowest BCUT2D eigenvalue weighted by Crippen LogP contribution is -2.05. The van der Waals surface area contributed by atoms with E-state index < -0.39 is 0 Å². The Kier molecular flexibility index (Phi) is 3.61. The lowest BCUT2D eigenvalue weighted by atomic mass is 10.1. The molecule has 1 heterocycles. The maximum absolute atomic E-state index is 5.89. The Bertz CT molecular complexity index is 702. The van der Waals surface area contributed by atoms with Gasteiger partial charge in [0.2, 0.25) is 5.88 Å². The maximum atomic E-state index is 5.89. The number of hydrogen-bond donors (Lipinski definition) is 1. The van der Waals surface area contributed by atoms with Crippen LogP contribution in [-0.2, 0) is 6.54 Å². The largest absolute Gasteiger partial charge is 0.438 e. The van der Waals surface area contributed by atoms with Gasteiger partial charge >= 0.3 is 0 Å². The first kappa shape index (κ1) is 12.6. The molecule has 0 atom stereocenters. The number of aromatic nitrogens is 1. The molecule has 2 aromatic carbocycles. The molecular formula is C17H16N2O. The molecule has 0 amide bonds. The minimum absolute atomic E-state index is 0.612. The average molecular weight is 264 g/mol. The van der Waals surface area contributed by atoms with Crippen molar-refractivity contribution in [2.75, 3.05) is 7.05 Å². The molecule has 3 rings (SSSR count). The fourth-order valence-electron chi connectivity index (χ4n) is 2.18. The molecule has 100 valence electrons. The van der Waals surface area contributed by atoms with E-state index in [1.165, 1.54) is 0 Å². The summed E-state index contributed by atoms with van der Waals surface area (Å²) in [6.45, 7) is 0.807. The topological polar surface area (TPSA) is 34.1 Å². The van der Waals surface area contributed by atoms with Crippen molar-refractivity contribution in [2.24, 2.45) is 0 Å². The van der Waals surface area contributed by atoms with E-state index in [0.717, 1.165) is 28.6 Å². The summed E-state index contributed by atoms with van der Waals surface area (Å²) in [6.07, 6.45) is 1.83. The van der Waals surface area contributed by atoms with Crippen molar-refractivity contribution in [1.29, 1.82) is 0 Å². The van der Waals surface area contributed by atoms with Gasteiger partial charge in [0.25, 0.3) is 0 Å². The van der Waals surface area contributed by atoms with E-state index >= 15 is 0 Å². The van der Waals surface area contributed by atoms with E-state index in [1.54, 1.807) is 0 Å². The van der Waals surface area contributed by atoms with Gasteiger partial charge in [-0.25, -0.2) is 4.98 Å². The van der Waals surface area contributed by atoms with Crippen LogP contribution in [-0.4, -0.2) is 12.0 Å². The highest BCUT2D eigenvalue weighted by Gasteiger charge is 2.03. The molecular weight excluding hydrogens is 248 g/mol. The molecule has 1 aromatic heterocycles. The zero-order chi connectivity index (χ0) is 13.8. The highest BCUT2D eigenvalue weighted by molar-refractivity contribution is 5.88. The Morgan fingerprint density at radius 1 is 1.00 bits per heavy atom. The van der Waals surface area contributed by atoms with Gasteiger partial charge in [0.1, 0.15) is 5.75 Å². The van der Waals surface area contributed by atoms with Crippen LogP contribution in [0.3, 0.4) is 0 Å². The second-order valence-corrected chi connectivity index (χ2v) is 4.61. The van der Waals surface area contributed by atoms with E-state index in [0.29, 0.717) is 5.88 Å². The second kappa shape index (κ2) is 5.72. The van der Waals surface area contributed by atoms with Gasteiger partial charge in [0.15, 0.2) is 0 Å². The van der Waals surface area contributed by atoms with Gasteiger partial charge in [0, 0.05) is 24.2 Å². The van der Waals surface area contributed by atoms with Crippen LogP contribution >= 0.6 is 0 Å². The van der Waals surface area contributed by atoms with E-state index in [1.807, 2.05) is 49.6 Å². The molecule has 0 aliphatic rings. The van der Waals surface area contributed by atoms with E-state index in [2.05, 4.69) is 28.5 Å². The molecule has 1 N–H and O–H groups in total. The Hall–Kier alpha value is -2.39. The van der Waals surface area contributed by atoms with Crippen molar-refractivity contribution in [3.63, 3.8) is 0 Å². The molecule has 0 unspecified atom stereocenters. The van der Waals surface area contributed by atoms with Crippen molar-refractivity contribution in [2.45, 2.75) is 6.54 Å². The van der Waals surface area contributed by atoms with Crippen LogP contribution in [0.5, 0.6) is 11.6 Å². The zero-order valence-electron chi connectivity index (χ0n) is 11.3. The van der Waals surface area contributed by atoms with Crippen LogP contribution in [0.1, 0.15) is 5.56 Å². The first-order valence-corrected chi connectivity index (χ1v) is 6.62. The number of benzene rings is 2. The second-order valence-electron chi connectivity index (χ2n) is 4.61. The van der Waals surface area contributed by atoms with E-state index in [4.69, 9.17) is 4.74 Å². The first-order chi connectivity index (χ1) is 9.86. The lowest BCUT2D eigenvalue weighted by molar-refractivity contribution is 0.467. The van der Waals surface area contributed by atoms with Crippen LogP contribution in [0.2, 0.25) is 0 Å². The predicted molar refractivity (Wildman–Crippen MR) is 81.0 cm³/mol. The van der Waals surface area contributed by atoms with Gasteiger partial charge < -0.3 is 10.1 Å². The molecule has 3 heteroatoms. The third kappa shape index (κ3) is 2.63. The SMILES string of the molecule is CNCc1ccc(Oc2cccc3ccccc23)nc1. The molecule has 0 aliphatic carbocycles. The van der Waals surface area contributed by atoms with E-state index in [-0.39, 0.29) is 0 Å². The molecule has 0 bridgehead atoms. The lowest BCUT2D eigenvalue weighted by Gasteiger charge is -2.08. The van der Waals surface area contributed by atoms with Crippen molar-refractivity contribution in [3.05, 3.63) is 66.4 Å². The van der Waals surface area contributed by atoms with Crippen LogP contribution in [0.15, 0.2) is 60.8 Å². The monoisotopic (exact) mass is 264 g/mol. The van der Waals surface area contributed by atoms with Crippen molar-refractivity contribution >= 4 is 10.8 Å². The first-order valence-electron chi connectivity index (χ1n) is 6.62. The minimum Gasteiger partial charge on any atom is -0.438 e. The molecule has 0 saturated heterocycles. The Morgan fingerprint density at radius 3 is 2.65 bits per heavy atom. The molecule has 3 nitrogen and oxygen atoms in total. The van der Waals surface area contributed by atoms with E-state index in [9.17, 15) is 0 Å². The van der Waals surface area contributed by atoms with Crippen molar-refractivity contribution < 1.29 is 4.74 Å². The minimum atomic E-state index is 0.612. The summed E-state index contributed by atoms with van der Waals surface area (Å²) in [7, 11) is 1.92. The number of nitrogens with zero attached hydrogens (tertiary/aromatic N) is 1. The van der Waals surface area contributed by atoms with Crippen molar-refractivity contribution in [1.82, 2.24) is 10.3 Å². The summed E-state index contributed by atoms with van der Waals surface area (Å²) < 4.78 is 5.89. The number of fused-ring (bicyclic) bond motifs is 1. The summed E-state index contributed by atoms with van der Waals surface area (Å²) in [5.41, 5.74) is 1.14. The number of nitrogens with one attached hydrogen (secondary N) is 1. The number of hydrogen-bond acceptors (Lipinski definition) is 3. The summed E-state index contributed by atoms with van der Waals surface area (Å²) in [6, 6.07) is 18.1. The quantitative estimate of drug-likeness (QED) is 0.779. The van der Waals surface area contributed by atoms with Crippen molar-refractivity contribution in [3.8, 4) is 11.6 Å². The number of rotatable bonds is 4. The highest BCUT2D eigenvalue weighted by Crippen LogP contribution is 2.28. The molecule has 0 radical (unpaired) electrons. The molecule has 0 spiro atoms. The van der Waals surface area contributed by atoms with Gasteiger partial charge in [-0.2, -0.15) is 0 Å². The maximum Gasteiger partial charge on any atom is 0.219 e. The number of ether oxygens (including phenoxy) is 1. The highest BCUT2D eigenvalue weighted by atomic mass is 16.5. The standard InChI is InChI=1S/C17H16N2O/c1-18-11-13-9-10-17(19-12-13)20-16-8-4-6-14-5-2-3-7-15(14)16/h2-10,12,18H,11H2,1H3. The van der Waals surface area contributed by atoms with Gasteiger partial charge in [0.05, 0.1) is 0 Å². The third-order valence-electron chi connectivity index (χ3n) is 3.14. The summed E-state index contributed by atoms with van der Waals surface area (Å²) in [5, 5.41) is 5.35. The summed E-state index contributed by atoms with van der Waals surface area (Å²) in [4.78, 5) is 4.34. The molecule has 3 aromatic rings. The van der Waals surface area contributed by atoms with Crippen LogP contribution in [0.25, 0.3) is 10.8 Å². The predicted octanol–water partition coefficient (Wildman–Crippen LogP) is 3.75. The van der Waals surface area contributed by atoms with Crippen LogP contribution in [0.4, 0.5) is 0 Å². The summed E-state index contributed by atoms with van der Waals surface area (Å²) >= 11 is 0. The smallest absolute Gasteiger partial charge is 0.219 e. The molecule has 0 fully saturated rings. The van der Waals surface area contributed by atoms with Gasteiger partial charge in [-0.3, -0.25) is 0 Å². The van der Waals surface area contributed by atoms with Crippen LogP contribution in [0, 0.1) is 0 Å². The van der Waals surface area contributed by atoms with Gasteiger partial charge in [-0.05, 0) is 24.1 Å². The zero-order valence-corrected chi connectivity index (χ0v) is 11.3. The normalized spacial score (nSPS) is 10.7. The third-order valence-corrected chi connectivity index (χ3v) is 3.14. The van der Waals surface area contributed by atoms with Crippen LogP contribution < -0.4 is 10.1 Å². The summed E-state index contributed by atoms with van der Waals surface area (Å²) in [5.74, 6) is 1.44. The fourth-order valence-corrected chi connectivity index (χ4v) is 2.18. The Balaban J connectivity index is 1.89. The van der Waals surface area contributed by atoms with Gasteiger partial charge in [-0.15, -0.1) is 0 Å².